The second-order valence-electron chi connectivity index (χ2n) is 6.68. The van der Waals surface area contributed by atoms with Gasteiger partial charge in [0.2, 0.25) is 0 Å². The van der Waals surface area contributed by atoms with Gasteiger partial charge in [0.15, 0.2) is 0 Å². The molecule has 0 spiro atoms. The highest BCUT2D eigenvalue weighted by Gasteiger charge is 2.19. The molecule has 1 fully saturated rings. The van der Waals surface area contributed by atoms with Crippen LogP contribution in [0.5, 0.6) is 0 Å². The molecule has 4 heteroatoms. The summed E-state index contributed by atoms with van der Waals surface area (Å²) in [7, 11) is 0. The van der Waals surface area contributed by atoms with Crippen LogP contribution in [0.25, 0.3) is 16.9 Å². The van der Waals surface area contributed by atoms with Gasteiger partial charge in [-0.1, -0.05) is 35.9 Å². The van der Waals surface area contributed by atoms with E-state index in [-0.39, 0.29) is 0 Å². The van der Waals surface area contributed by atoms with Crippen LogP contribution in [-0.4, -0.2) is 40.5 Å². The van der Waals surface area contributed by atoms with Gasteiger partial charge in [-0.25, -0.2) is 4.98 Å². The summed E-state index contributed by atoms with van der Waals surface area (Å²) in [6, 6.07) is 13.0. The molecule has 0 radical (unpaired) electrons. The highest BCUT2D eigenvalue weighted by Crippen LogP contribution is 2.27. The lowest BCUT2D eigenvalue weighted by atomic mass is 10.1. The number of nitrogens with one attached hydrogen (secondary N) is 1. The van der Waals surface area contributed by atoms with Gasteiger partial charge in [0, 0.05) is 44.5 Å². The normalized spacial score (nSPS) is 15.9. The van der Waals surface area contributed by atoms with Crippen LogP contribution in [0.2, 0.25) is 0 Å². The molecule has 2 aromatic heterocycles. The van der Waals surface area contributed by atoms with E-state index in [0.29, 0.717) is 0 Å². The smallest absolute Gasteiger partial charge is 0.140 e. The number of imidazole rings is 1. The Morgan fingerprint density at radius 1 is 1.04 bits per heavy atom. The van der Waals surface area contributed by atoms with Crippen molar-refractivity contribution in [3.05, 3.63) is 59.4 Å². The summed E-state index contributed by atoms with van der Waals surface area (Å²) in [6.07, 6.45) is 2.14. The highest BCUT2D eigenvalue weighted by molar-refractivity contribution is 5.68. The molecule has 124 valence electrons. The number of piperazine rings is 1. The van der Waals surface area contributed by atoms with Gasteiger partial charge in [-0.05, 0) is 25.5 Å². The first-order valence-corrected chi connectivity index (χ1v) is 8.69. The van der Waals surface area contributed by atoms with Crippen molar-refractivity contribution in [3.8, 4) is 11.3 Å². The molecule has 0 unspecified atom stereocenters. The zero-order valence-electron chi connectivity index (χ0n) is 14.4. The lowest BCUT2D eigenvalue weighted by Crippen LogP contribution is -2.43. The van der Waals surface area contributed by atoms with Crippen LogP contribution in [0.15, 0.2) is 42.6 Å². The number of rotatable bonds is 3. The average Bonchev–Trinajstić information content (AvgIpc) is 2.97. The zero-order valence-corrected chi connectivity index (χ0v) is 14.4. The summed E-state index contributed by atoms with van der Waals surface area (Å²) in [5, 5.41) is 3.43. The largest absolute Gasteiger partial charge is 0.314 e. The molecule has 4 nitrogen and oxygen atoms in total. The molecule has 1 aliphatic rings. The van der Waals surface area contributed by atoms with Crippen LogP contribution < -0.4 is 5.32 Å². The lowest BCUT2D eigenvalue weighted by Gasteiger charge is -2.27. The van der Waals surface area contributed by atoms with Gasteiger partial charge in [0.05, 0.1) is 11.4 Å². The van der Waals surface area contributed by atoms with Gasteiger partial charge >= 0.3 is 0 Å². The Balaban J connectivity index is 1.83. The summed E-state index contributed by atoms with van der Waals surface area (Å²) in [6.45, 7) is 9.51. The number of benzene rings is 1. The van der Waals surface area contributed by atoms with Crippen LogP contribution in [0, 0.1) is 13.8 Å². The second-order valence-corrected chi connectivity index (χ2v) is 6.68. The van der Waals surface area contributed by atoms with E-state index < -0.39 is 0 Å². The number of aromatic nitrogens is 2. The summed E-state index contributed by atoms with van der Waals surface area (Å²) >= 11 is 0. The molecule has 1 N–H and O–H groups in total. The third kappa shape index (κ3) is 2.83. The molecule has 0 bridgehead atoms. The predicted octanol–water partition coefficient (Wildman–Crippen LogP) is 3.02. The second kappa shape index (κ2) is 6.38. The average molecular weight is 320 g/mol. The van der Waals surface area contributed by atoms with Crippen molar-refractivity contribution in [1.82, 2.24) is 19.6 Å². The van der Waals surface area contributed by atoms with Gasteiger partial charge in [-0.15, -0.1) is 0 Å². The van der Waals surface area contributed by atoms with E-state index in [1.54, 1.807) is 0 Å². The monoisotopic (exact) mass is 320 g/mol. The van der Waals surface area contributed by atoms with Crippen molar-refractivity contribution < 1.29 is 0 Å². The van der Waals surface area contributed by atoms with Crippen molar-refractivity contribution in [1.29, 1.82) is 0 Å². The van der Waals surface area contributed by atoms with Crippen LogP contribution in [0.1, 0.15) is 16.8 Å². The van der Waals surface area contributed by atoms with Gasteiger partial charge in [0.1, 0.15) is 5.65 Å². The Hall–Kier alpha value is -2.17. The lowest BCUT2D eigenvalue weighted by molar-refractivity contribution is 0.230. The molecular weight excluding hydrogens is 296 g/mol. The van der Waals surface area contributed by atoms with Gasteiger partial charge < -0.3 is 9.72 Å². The van der Waals surface area contributed by atoms with E-state index in [0.717, 1.165) is 44.1 Å². The number of fused-ring (bicyclic) bond motifs is 1. The van der Waals surface area contributed by atoms with Crippen LogP contribution in [-0.2, 0) is 6.54 Å². The Morgan fingerprint density at radius 2 is 1.79 bits per heavy atom. The van der Waals surface area contributed by atoms with Crippen molar-refractivity contribution in [2.75, 3.05) is 26.2 Å². The summed E-state index contributed by atoms with van der Waals surface area (Å²) in [4.78, 5) is 7.51. The quantitative estimate of drug-likeness (QED) is 0.805. The summed E-state index contributed by atoms with van der Waals surface area (Å²) in [5.74, 6) is 0. The molecule has 0 atom stereocenters. The molecule has 1 aromatic carbocycles. The molecule has 1 saturated heterocycles. The van der Waals surface area contributed by atoms with E-state index >= 15 is 0 Å². The SMILES string of the molecule is Cc1ccc(-c2nc3c(C)cccn3c2CN2CCNCC2)cc1. The fourth-order valence-corrected chi connectivity index (χ4v) is 3.43. The summed E-state index contributed by atoms with van der Waals surface area (Å²) in [5.41, 5.74) is 7.18. The first-order valence-electron chi connectivity index (χ1n) is 8.69. The Kier molecular flexibility index (Phi) is 4.08. The minimum atomic E-state index is 0.940. The minimum Gasteiger partial charge on any atom is -0.314 e. The van der Waals surface area contributed by atoms with Crippen molar-refractivity contribution in [2.45, 2.75) is 20.4 Å². The molecule has 4 rings (SSSR count). The fourth-order valence-electron chi connectivity index (χ4n) is 3.43. The first-order chi connectivity index (χ1) is 11.7. The molecule has 3 heterocycles. The van der Waals surface area contributed by atoms with E-state index in [2.05, 4.69) is 71.1 Å². The molecule has 0 amide bonds. The van der Waals surface area contributed by atoms with Crippen LogP contribution >= 0.6 is 0 Å². The standard InChI is InChI=1S/C20H24N4/c1-15-5-7-17(8-6-15)19-18(14-23-12-9-21-10-13-23)24-11-3-4-16(2)20(24)22-19/h3-8,11,21H,9-10,12-14H2,1-2H3. The molecule has 0 saturated carbocycles. The maximum absolute atomic E-state index is 5.00. The minimum absolute atomic E-state index is 0.940. The number of hydrogen-bond acceptors (Lipinski definition) is 3. The third-order valence-electron chi connectivity index (χ3n) is 4.85. The maximum atomic E-state index is 5.00. The molecule has 0 aliphatic carbocycles. The first kappa shape index (κ1) is 15.4. The molecule has 24 heavy (non-hydrogen) atoms. The maximum Gasteiger partial charge on any atom is 0.140 e. The number of nitrogens with zero attached hydrogens (tertiary/aromatic N) is 3. The van der Waals surface area contributed by atoms with Crippen LogP contribution in [0.3, 0.4) is 0 Å². The summed E-state index contributed by atoms with van der Waals surface area (Å²) < 4.78 is 2.27. The highest BCUT2D eigenvalue weighted by atomic mass is 15.2. The fraction of sp³-hybridized carbons (Fsp3) is 0.350. The van der Waals surface area contributed by atoms with Gasteiger partial charge in [-0.2, -0.15) is 0 Å². The molecular formula is C20H24N4. The predicted molar refractivity (Wildman–Crippen MR) is 98.2 cm³/mol. The Labute approximate surface area is 143 Å². The van der Waals surface area contributed by atoms with Crippen LogP contribution in [0.4, 0.5) is 0 Å². The number of pyridine rings is 1. The molecule has 1 aliphatic heterocycles. The van der Waals surface area contributed by atoms with E-state index in [9.17, 15) is 0 Å². The van der Waals surface area contributed by atoms with E-state index in [1.165, 1.54) is 22.4 Å². The van der Waals surface area contributed by atoms with E-state index in [4.69, 9.17) is 4.98 Å². The van der Waals surface area contributed by atoms with Crippen molar-refractivity contribution in [3.63, 3.8) is 0 Å². The van der Waals surface area contributed by atoms with Crippen molar-refractivity contribution in [2.24, 2.45) is 0 Å². The number of hydrogen-bond donors (Lipinski definition) is 1. The van der Waals surface area contributed by atoms with Crippen molar-refractivity contribution >= 4 is 5.65 Å². The third-order valence-corrected chi connectivity index (χ3v) is 4.85. The van der Waals surface area contributed by atoms with Gasteiger partial charge in [-0.3, -0.25) is 4.90 Å². The number of aryl methyl sites for hydroxylation is 2. The topological polar surface area (TPSA) is 32.6 Å². The Morgan fingerprint density at radius 3 is 2.54 bits per heavy atom. The van der Waals surface area contributed by atoms with Gasteiger partial charge in [0.25, 0.3) is 0 Å². The zero-order chi connectivity index (χ0) is 16.5. The molecule has 3 aromatic rings. The van der Waals surface area contributed by atoms with E-state index in [1.807, 2.05) is 0 Å². The Bertz CT molecular complexity index is 842.